The van der Waals surface area contributed by atoms with Crippen molar-refractivity contribution in [3.05, 3.63) is 70.8 Å². The third-order valence-corrected chi connectivity index (χ3v) is 6.02. The van der Waals surface area contributed by atoms with Crippen LogP contribution in [-0.2, 0) is 16.6 Å². The molecule has 0 atom stereocenters. The smallest absolute Gasteiger partial charge is 0.253 e. The minimum atomic E-state index is -3.78. The van der Waals surface area contributed by atoms with Gasteiger partial charge in [0.2, 0.25) is 10.0 Å². The van der Waals surface area contributed by atoms with Gasteiger partial charge in [-0.15, -0.1) is 0 Å². The Hall–Kier alpha value is -3.17. The Bertz CT molecular complexity index is 1190. The molecule has 0 unspecified atom stereocenters. The van der Waals surface area contributed by atoms with E-state index >= 15 is 0 Å². The number of nitrogens with zero attached hydrogens (tertiary/aromatic N) is 2. The van der Waals surface area contributed by atoms with Gasteiger partial charge in [-0.2, -0.15) is 0 Å². The van der Waals surface area contributed by atoms with E-state index in [9.17, 15) is 13.2 Å². The SMILES string of the molecule is COc1ccc(-c2cc(=O)n(CCNS(=O)(=O)c3ccc(C)cc3OC)cn2)cc1. The molecule has 1 aromatic heterocycles. The Morgan fingerprint density at radius 3 is 2.40 bits per heavy atom. The first-order valence-corrected chi connectivity index (χ1v) is 10.7. The van der Waals surface area contributed by atoms with Gasteiger partial charge >= 0.3 is 0 Å². The van der Waals surface area contributed by atoms with E-state index in [0.717, 1.165) is 11.1 Å². The summed E-state index contributed by atoms with van der Waals surface area (Å²) in [5, 5.41) is 0. The minimum absolute atomic E-state index is 0.0306. The van der Waals surface area contributed by atoms with Crippen LogP contribution in [0.3, 0.4) is 0 Å². The maximum absolute atomic E-state index is 12.6. The Kier molecular flexibility index (Phi) is 6.53. The number of methoxy groups -OCH3 is 2. The highest BCUT2D eigenvalue weighted by Gasteiger charge is 2.19. The second-order valence-electron chi connectivity index (χ2n) is 6.59. The summed E-state index contributed by atoms with van der Waals surface area (Å²) >= 11 is 0. The molecule has 0 saturated heterocycles. The number of hydrogen-bond donors (Lipinski definition) is 1. The number of sulfonamides is 1. The fourth-order valence-corrected chi connectivity index (χ4v) is 4.06. The van der Waals surface area contributed by atoms with Crippen molar-refractivity contribution in [2.24, 2.45) is 0 Å². The molecule has 0 aliphatic carbocycles. The lowest BCUT2D eigenvalue weighted by Crippen LogP contribution is -2.31. The molecular formula is C21H23N3O5S. The monoisotopic (exact) mass is 429 g/mol. The number of hydrogen-bond acceptors (Lipinski definition) is 6. The second kappa shape index (κ2) is 9.10. The van der Waals surface area contributed by atoms with Crippen LogP contribution in [0.5, 0.6) is 11.5 Å². The van der Waals surface area contributed by atoms with Crippen LogP contribution >= 0.6 is 0 Å². The fraction of sp³-hybridized carbons (Fsp3) is 0.238. The quantitative estimate of drug-likeness (QED) is 0.589. The molecule has 3 rings (SSSR count). The maximum Gasteiger partial charge on any atom is 0.253 e. The van der Waals surface area contributed by atoms with Gasteiger partial charge in [-0.25, -0.2) is 18.1 Å². The van der Waals surface area contributed by atoms with Crippen molar-refractivity contribution in [3.8, 4) is 22.8 Å². The molecule has 0 aliphatic rings. The van der Waals surface area contributed by atoms with Crippen LogP contribution in [0.2, 0.25) is 0 Å². The third kappa shape index (κ3) is 4.87. The van der Waals surface area contributed by atoms with E-state index in [-0.39, 0.29) is 29.3 Å². The Morgan fingerprint density at radius 1 is 1.03 bits per heavy atom. The molecular weight excluding hydrogens is 406 g/mol. The van der Waals surface area contributed by atoms with Crippen molar-refractivity contribution >= 4 is 10.0 Å². The topological polar surface area (TPSA) is 99.5 Å². The van der Waals surface area contributed by atoms with E-state index in [1.54, 1.807) is 31.4 Å². The molecule has 0 amide bonds. The van der Waals surface area contributed by atoms with E-state index in [1.807, 2.05) is 19.1 Å². The lowest BCUT2D eigenvalue weighted by molar-refractivity contribution is 0.402. The van der Waals surface area contributed by atoms with Gasteiger partial charge in [0.1, 0.15) is 16.4 Å². The fourth-order valence-electron chi connectivity index (χ4n) is 2.89. The molecule has 0 bridgehead atoms. The zero-order chi connectivity index (χ0) is 21.7. The first-order valence-electron chi connectivity index (χ1n) is 9.19. The number of benzene rings is 2. The first-order chi connectivity index (χ1) is 14.3. The normalized spacial score (nSPS) is 11.3. The van der Waals surface area contributed by atoms with Crippen LogP contribution in [0.15, 0.2) is 64.5 Å². The summed E-state index contributed by atoms with van der Waals surface area (Å²) < 4.78 is 39.3. The molecule has 0 fully saturated rings. The molecule has 9 heteroatoms. The Labute approximate surface area is 175 Å². The summed E-state index contributed by atoms with van der Waals surface area (Å²) in [4.78, 5) is 16.8. The summed E-state index contributed by atoms with van der Waals surface area (Å²) in [6.45, 7) is 2.02. The Balaban J connectivity index is 1.69. The largest absolute Gasteiger partial charge is 0.497 e. The molecule has 0 saturated carbocycles. The van der Waals surface area contributed by atoms with Crippen molar-refractivity contribution in [1.29, 1.82) is 0 Å². The third-order valence-electron chi connectivity index (χ3n) is 4.52. The molecule has 0 radical (unpaired) electrons. The summed E-state index contributed by atoms with van der Waals surface area (Å²) in [6, 6.07) is 13.5. The highest BCUT2D eigenvalue weighted by Crippen LogP contribution is 2.24. The van der Waals surface area contributed by atoms with Gasteiger partial charge < -0.3 is 9.47 Å². The van der Waals surface area contributed by atoms with Gasteiger partial charge in [0.05, 0.1) is 26.2 Å². The second-order valence-corrected chi connectivity index (χ2v) is 8.32. The van der Waals surface area contributed by atoms with Crippen molar-refractivity contribution < 1.29 is 17.9 Å². The minimum Gasteiger partial charge on any atom is -0.497 e. The molecule has 8 nitrogen and oxygen atoms in total. The van der Waals surface area contributed by atoms with Crippen LogP contribution in [0.4, 0.5) is 0 Å². The number of rotatable bonds is 8. The van der Waals surface area contributed by atoms with Gasteiger partial charge in [-0.3, -0.25) is 9.36 Å². The zero-order valence-corrected chi connectivity index (χ0v) is 17.8. The summed E-state index contributed by atoms with van der Waals surface area (Å²) in [5.41, 5.74) is 1.93. The summed E-state index contributed by atoms with van der Waals surface area (Å²) in [6.07, 6.45) is 1.41. The van der Waals surface area contributed by atoms with E-state index in [0.29, 0.717) is 11.4 Å². The van der Waals surface area contributed by atoms with Crippen LogP contribution in [0, 0.1) is 6.92 Å². The molecule has 1 heterocycles. The van der Waals surface area contributed by atoms with Crippen molar-refractivity contribution in [2.45, 2.75) is 18.4 Å². The standard InChI is InChI=1S/C21H23N3O5S/c1-15-4-9-20(19(12-15)29-3)30(26,27)23-10-11-24-14-22-18(13-21(24)25)16-5-7-17(28-2)8-6-16/h4-9,12-14,23H,10-11H2,1-3H3. The lowest BCUT2D eigenvalue weighted by atomic mass is 10.1. The maximum atomic E-state index is 12.6. The predicted molar refractivity (Wildman–Crippen MR) is 113 cm³/mol. The van der Waals surface area contributed by atoms with Gasteiger partial charge in [-0.05, 0) is 48.9 Å². The number of ether oxygens (including phenoxy) is 2. The number of nitrogens with one attached hydrogen (secondary N) is 1. The molecule has 3 aromatic rings. The highest BCUT2D eigenvalue weighted by atomic mass is 32.2. The molecule has 30 heavy (non-hydrogen) atoms. The van der Waals surface area contributed by atoms with Gasteiger partial charge in [0, 0.05) is 24.7 Å². The van der Waals surface area contributed by atoms with Crippen molar-refractivity contribution in [1.82, 2.24) is 14.3 Å². The summed E-state index contributed by atoms with van der Waals surface area (Å²) in [5.74, 6) is 0.981. The van der Waals surface area contributed by atoms with Crippen molar-refractivity contribution in [3.63, 3.8) is 0 Å². The van der Waals surface area contributed by atoms with E-state index in [2.05, 4.69) is 9.71 Å². The molecule has 0 spiro atoms. The molecule has 158 valence electrons. The lowest BCUT2D eigenvalue weighted by Gasteiger charge is -2.12. The number of aromatic nitrogens is 2. The number of aryl methyl sites for hydroxylation is 1. The van der Waals surface area contributed by atoms with E-state index in [1.165, 1.54) is 30.1 Å². The molecule has 0 aliphatic heterocycles. The van der Waals surface area contributed by atoms with Crippen molar-refractivity contribution in [2.75, 3.05) is 20.8 Å². The average molecular weight is 429 g/mol. The van der Waals surface area contributed by atoms with Crippen LogP contribution in [0.25, 0.3) is 11.3 Å². The molecule has 1 N–H and O–H groups in total. The van der Waals surface area contributed by atoms with Crippen LogP contribution in [0.1, 0.15) is 5.56 Å². The van der Waals surface area contributed by atoms with Crippen LogP contribution < -0.4 is 19.8 Å². The van der Waals surface area contributed by atoms with Gasteiger partial charge in [0.25, 0.3) is 5.56 Å². The highest BCUT2D eigenvalue weighted by molar-refractivity contribution is 7.89. The van der Waals surface area contributed by atoms with E-state index in [4.69, 9.17) is 9.47 Å². The Morgan fingerprint density at radius 2 is 1.77 bits per heavy atom. The molecule has 2 aromatic carbocycles. The summed E-state index contributed by atoms with van der Waals surface area (Å²) in [7, 11) is -0.782. The zero-order valence-electron chi connectivity index (χ0n) is 17.0. The van der Waals surface area contributed by atoms with Gasteiger partial charge in [0.15, 0.2) is 0 Å². The van der Waals surface area contributed by atoms with Crippen LogP contribution in [-0.4, -0.2) is 38.7 Å². The van der Waals surface area contributed by atoms with Gasteiger partial charge in [-0.1, -0.05) is 6.07 Å². The van der Waals surface area contributed by atoms with E-state index < -0.39 is 10.0 Å². The first kappa shape index (κ1) is 21.5. The predicted octanol–water partition coefficient (Wildman–Crippen LogP) is 2.21. The average Bonchev–Trinajstić information content (AvgIpc) is 2.74.